The number of nitrogens with zero attached hydrogens (tertiary/aromatic N) is 12. The summed E-state index contributed by atoms with van der Waals surface area (Å²) in [6.07, 6.45) is 2.32. The number of esters is 1. The van der Waals surface area contributed by atoms with Crippen molar-refractivity contribution in [1.82, 2.24) is 15.2 Å². The van der Waals surface area contributed by atoms with Gasteiger partial charge in [0.25, 0.3) is 41.0 Å². The van der Waals surface area contributed by atoms with E-state index >= 15 is 0 Å². The molecule has 0 radical (unpaired) electrons. The Morgan fingerprint density at radius 3 is 1.29 bits per heavy atom. The van der Waals surface area contributed by atoms with Gasteiger partial charge >= 0.3 is 5.97 Å². The number of carbonyl (C=O) groups is 8. The molecular weight excluding hydrogens is 1690 g/mol. The van der Waals surface area contributed by atoms with Crippen LogP contribution in [0, 0.1) is 0 Å². The van der Waals surface area contributed by atoms with Crippen LogP contribution in [0.2, 0.25) is 8.67 Å². The van der Waals surface area contributed by atoms with Gasteiger partial charge in [-0.1, -0.05) is 98.1 Å². The zero-order valence-corrected chi connectivity index (χ0v) is 64.3. The molecule has 36 heteroatoms. The van der Waals surface area contributed by atoms with Gasteiger partial charge in [0.15, 0.2) is 5.78 Å². The van der Waals surface area contributed by atoms with Crippen molar-refractivity contribution < 1.29 is 43.1 Å². The highest BCUT2D eigenvalue weighted by atomic mass is 79.9. The van der Waals surface area contributed by atoms with Crippen LogP contribution < -0.4 is 53.2 Å². The molecule has 4 aliphatic rings. The molecular formula is C67H60Br4Cl3N17O10S2. The van der Waals surface area contributed by atoms with E-state index in [1.165, 1.54) is 53.3 Å². The van der Waals surface area contributed by atoms with Gasteiger partial charge in [-0.3, -0.25) is 53.6 Å². The van der Waals surface area contributed by atoms with E-state index in [0.29, 0.717) is 77.9 Å². The second-order valence-corrected chi connectivity index (χ2v) is 28.4. The number of carbonyl (C=O) groups excluding carboxylic acids is 8. The molecule has 103 heavy (non-hydrogen) atoms. The second-order valence-electron chi connectivity index (χ2n) is 21.0. The summed E-state index contributed by atoms with van der Waals surface area (Å²) in [5.41, 5.74) is 22.9. The maximum absolute atomic E-state index is 12.3. The minimum Gasteiger partial charge on any atom is -0.466 e. The van der Waals surface area contributed by atoms with E-state index in [-0.39, 0.29) is 98.0 Å². The summed E-state index contributed by atoms with van der Waals surface area (Å²) in [5.74, 6) is 3.27. The number of Topliss-reactive ketones (excluding diaryl/α,β-unsaturated/α-hetero) is 1. The Bertz CT molecular complexity index is 4580. The molecule has 5 aromatic carbocycles. The van der Waals surface area contributed by atoms with E-state index in [4.69, 9.17) is 51.9 Å². The zero-order valence-electron chi connectivity index (χ0n) is 54.0. The van der Waals surface area contributed by atoms with Crippen molar-refractivity contribution in [1.29, 1.82) is 0 Å². The number of hydrazine groups is 1. The van der Waals surface area contributed by atoms with Crippen molar-refractivity contribution in [3.8, 4) is 5.69 Å². The Morgan fingerprint density at radius 1 is 0.553 bits per heavy atom. The number of ether oxygens (including phenoxy) is 1. The van der Waals surface area contributed by atoms with Crippen molar-refractivity contribution in [3.05, 3.63) is 227 Å². The Labute approximate surface area is 645 Å². The van der Waals surface area contributed by atoms with Crippen LogP contribution in [0.1, 0.15) is 58.4 Å². The normalized spacial score (nSPS) is 13.3. The van der Waals surface area contributed by atoms with Crippen LogP contribution in [0.4, 0.5) is 28.4 Å². The van der Waals surface area contributed by atoms with Crippen molar-refractivity contribution >= 4 is 220 Å². The molecule has 0 bridgehead atoms. The van der Waals surface area contributed by atoms with E-state index in [1.807, 2.05) is 72.8 Å². The first-order chi connectivity index (χ1) is 49.5. The molecule has 12 rings (SSSR count). The SMILES string of the molecule is CCOC(=O)CC(=O)CCl.NCC1=NN(c2ccc(Br)cc2)C(=O)C1.NNc1ccc(Br)cc1.O=C(NCC1=NN(c2ccc(-n3ccccc3=O)cc2)C(=O)C1)c1ccc(Cl)s1.O=C(NCC1=NN(c2ccc(Br)cc2)C(=O)C1)c1ccc(Cl)s1.[N-]=[N+]=NCC1=NN(c2ccc(Br)cc2)C(=O)C1. The molecule has 0 unspecified atom stereocenters. The van der Waals surface area contributed by atoms with Crippen LogP contribution in [-0.4, -0.2) is 113 Å². The molecule has 27 nitrogen and oxygen atoms in total. The summed E-state index contributed by atoms with van der Waals surface area (Å²) in [7, 11) is 0. The highest BCUT2D eigenvalue weighted by Crippen LogP contribution is 2.28. The lowest BCUT2D eigenvalue weighted by Crippen LogP contribution is -2.28. The van der Waals surface area contributed by atoms with Gasteiger partial charge in [-0.05, 0) is 164 Å². The summed E-state index contributed by atoms with van der Waals surface area (Å²) < 4.78 is 11.0. The Hall–Kier alpha value is -9.09. The molecule has 7 heterocycles. The molecule has 4 aliphatic heterocycles. The van der Waals surface area contributed by atoms with Gasteiger partial charge in [-0.15, -0.1) is 34.3 Å². The lowest BCUT2D eigenvalue weighted by atomic mass is 10.2. The third-order valence-electron chi connectivity index (χ3n) is 13.6. The lowest BCUT2D eigenvalue weighted by molar-refractivity contribution is -0.145. The number of aromatic nitrogens is 1. The van der Waals surface area contributed by atoms with Crippen molar-refractivity contribution in [2.24, 2.45) is 37.1 Å². The molecule has 0 fully saturated rings. The largest absolute Gasteiger partial charge is 0.466 e. The number of halogens is 7. The summed E-state index contributed by atoms with van der Waals surface area (Å²) in [6.45, 7) is 2.85. The van der Waals surface area contributed by atoms with Crippen molar-refractivity contribution in [3.63, 3.8) is 0 Å². The van der Waals surface area contributed by atoms with E-state index in [1.54, 1.807) is 98.0 Å². The van der Waals surface area contributed by atoms with Crippen LogP contribution in [0.25, 0.3) is 16.1 Å². The van der Waals surface area contributed by atoms with Gasteiger partial charge in [0.05, 0.1) is 122 Å². The number of anilines is 5. The van der Waals surface area contributed by atoms with Crippen molar-refractivity contribution in [2.45, 2.75) is 39.0 Å². The Morgan fingerprint density at radius 2 is 0.932 bits per heavy atom. The number of alkyl halides is 1. The zero-order chi connectivity index (χ0) is 74.5. The molecule has 534 valence electrons. The fourth-order valence-electron chi connectivity index (χ4n) is 8.76. The number of hydrogen-bond donors (Lipinski definition) is 5. The third-order valence-corrected chi connectivity index (χ3v) is 18.5. The van der Waals surface area contributed by atoms with Crippen LogP contribution in [0.15, 0.2) is 218 Å². The number of hydrazone groups is 4. The second kappa shape index (κ2) is 41.3. The van der Waals surface area contributed by atoms with Crippen molar-refractivity contribution in [2.75, 3.05) is 64.1 Å². The molecule has 3 aromatic heterocycles. The van der Waals surface area contributed by atoms with Gasteiger partial charge < -0.3 is 26.5 Å². The van der Waals surface area contributed by atoms with Crippen LogP contribution in [0.3, 0.4) is 0 Å². The monoisotopic (exact) mass is 1750 g/mol. The highest BCUT2D eigenvalue weighted by molar-refractivity contribution is 9.11. The first-order valence-corrected chi connectivity index (χ1v) is 36.4. The minimum atomic E-state index is -0.506. The summed E-state index contributed by atoms with van der Waals surface area (Å²) in [4.78, 5) is 108. The standard InChI is InChI=1S/C20H15ClN4O3S.C15H11BrClN3O2S.C10H8BrN5O.C10H10BrN3O.C6H7BrN2.C6H9ClO3/c21-17-9-8-16(29-17)20(28)22-12-13-11-19(27)25(23-13)15-6-4-14(5-7-15)24-10-2-1-3-18(24)26;16-9-1-3-11(4-2-9)20-14(21)7-10(19-20)8-18-15(22)12-5-6-13(17)23-12;11-7-1-3-9(4-2-7)16-10(17)5-8(14-16)6-13-15-12;11-7-1-3-9(4-2-7)14-10(15)5-8(6-12)13-14;7-5-1-3-6(9-8)4-2-5;1-2-10-6(9)3-5(8)4-7/h1-10H,11-12H2,(H,22,28);1-6H,7-8H2,(H,18,22);1-4H,5-6H2;1-4H,5-6,12H2;1-4,9H,8H2;2-4H2,1H3. The third kappa shape index (κ3) is 25.7. The maximum atomic E-state index is 12.3. The number of ketones is 1. The summed E-state index contributed by atoms with van der Waals surface area (Å²) in [5, 5.41) is 31.2. The topological polar surface area (TPSA) is 367 Å². The molecule has 7 N–H and O–H groups in total. The summed E-state index contributed by atoms with van der Waals surface area (Å²) in [6, 6.07) is 48.2. The predicted octanol–water partition coefficient (Wildman–Crippen LogP) is 13.6. The van der Waals surface area contributed by atoms with E-state index in [2.05, 4.69) is 115 Å². The number of hydrogen-bond acceptors (Lipinski definition) is 20. The smallest absolute Gasteiger partial charge is 0.313 e. The fourth-order valence-corrected chi connectivity index (χ4v) is 11.8. The lowest BCUT2D eigenvalue weighted by Gasteiger charge is -2.12. The number of nitrogens with two attached hydrogens (primary N) is 2. The van der Waals surface area contributed by atoms with Crippen LogP contribution in [-0.2, 0) is 33.5 Å². The maximum Gasteiger partial charge on any atom is 0.313 e. The van der Waals surface area contributed by atoms with Gasteiger partial charge in [0.1, 0.15) is 6.42 Å². The molecule has 0 saturated carbocycles. The number of benzene rings is 5. The first-order valence-electron chi connectivity index (χ1n) is 30.3. The number of azide groups is 1. The van der Waals surface area contributed by atoms with Gasteiger partial charge in [0, 0.05) is 53.0 Å². The van der Waals surface area contributed by atoms with E-state index in [9.17, 15) is 43.2 Å². The molecule has 6 amide bonds. The molecule has 0 aliphatic carbocycles. The Balaban J connectivity index is 0.000000181. The van der Waals surface area contributed by atoms with Gasteiger partial charge in [-0.25, -0.2) is 20.0 Å². The number of nitrogen functional groups attached to an aromatic ring is 1. The molecule has 8 aromatic rings. The predicted molar refractivity (Wildman–Crippen MR) is 418 cm³/mol. The summed E-state index contributed by atoms with van der Waals surface area (Å²) >= 11 is 32.5. The average molecular weight is 1750 g/mol. The average Bonchev–Trinajstić information content (AvgIpc) is 1.72. The minimum absolute atomic E-state index is 0.0298. The number of nitrogens with one attached hydrogen (secondary N) is 3. The van der Waals surface area contributed by atoms with Gasteiger partial charge in [-0.2, -0.15) is 20.4 Å². The number of amides is 6. The van der Waals surface area contributed by atoms with Gasteiger partial charge in [0.2, 0.25) is 0 Å². The molecule has 0 saturated heterocycles. The van der Waals surface area contributed by atoms with E-state index < -0.39 is 5.97 Å². The molecule has 0 atom stereocenters. The number of pyridine rings is 1. The number of rotatable bonds is 19. The Kier molecular flexibility index (Phi) is 32.5. The molecule has 0 spiro atoms. The van der Waals surface area contributed by atoms with E-state index in [0.717, 1.165) is 35.0 Å². The van der Waals surface area contributed by atoms with Crippen LogP contribution in [0.5, 0.6) is 0 Å². The fraction of sp³-hybridized carbons (Fsp3) is 0.179. The quantitative estimate of drug-likeness (QED) is 0.00735. The highest BCUT2D eigenvalue weighted by Gasteiger charge is 2.29. The number of thiophene rings is 2. The van der Waals surface area contributed by atoms with Crippen LogP contribution >= 0.6 is 121 Å². The first kappa shape index (κ1) is 81.2.